The van der Waals surface area contributed by atoms with Gasteiger partial charge in [-0.15, -0.1) is 0 Å². The summed E-state index contributed by atoms with van der Waals surface area (Å²) < 4.78 is 0. The fourth-order valence-electron chi connectivity index (χ4n) is 2.59. The number of carbonyl (C=O) groups is 2. The van der Waals surface area contributed by atoms with Gasteiger partial charge in [0, 0.05) is 12.2 Å². The van der Waals surface area contributed by atoms with E-state index in [0.29, 0.717) is 11.1 Å². The number of amides is 2. The lowest BCUT2D eigenvalue weighted by Crippen LogP contribution is -2.39. The van der Waals surface area contributed by atoms with Crippen molar-refractivity contribution < 1.29 is 14.7 Å². The monoisotopic (exact) mass is 310 g/mol. The first-order valence-corrected chi connectivity index (χ1v) is 7.50. The highest BCUT2D eigenvalue weighted by molar-refractivity contribution is 6.21. The van der Waals surface area contributed by atoms with Crippen molar-refractivity contribution in [2.45, 2.75) is 13.0 Å². The minimum absolute atomic E-state index is 0.0226. The van der Waals surface area contributed by atoms with Crippen LogP contribution in [0, 0.1) is 6.92 Å². The Bertz CT molecular complexity index is 705. The second kappa shape index (κ2) is 6.22. The van der Waals surface area contributed by atoms with Crippen LogP contribution in [0.15, 0.2) is 48.5 Å². The van der Waals surface area contributed by atoms with Crippen LogP contribution < -0.4 is 5.32 Å². The number of hydrogen-bond donors (Lipinski definition) is 2. The van der Waals surface area contributed by atoms with E-state index < -0.39 is 6.10 Å². The van der Waals surface area contributed by atoms with Crippen molar-refractivity contribution in [2.24, 2.45) is 0 Å². The maximum Gasteiger partial charge on any atom is 0.261 e. The largest absolute Gasteiger partial charge is 0.389 e. The van der Waals surface area contributed by atoms with Crippen LogP contribution in [0.4, 0.5) is 5.69 Å². The summed E-state index contributed by atoms with van der Waals surface area (Å²) in [5.74, 6) is -0.694. The zero-order chi connectivity index (χ0) is 16.4. The van der Waals surface area contributed by atoms with Crippen LogP contribution in [0.25, 0.3) is 0 Å². The topological polar surface area (TPSA) is 69.6 Å². The third kappa shape index (κ3) is 3.10. The highest BCUT2D eigenvalue weighted by Gasteiger charge is 2.35. The molecule has 0 bridgehead atoms. The van der Waals surface area contributed by atoms with E-state index in [1.54, 1.807) is 24.3 Å². The number of aliphatic hydroxyl groups is 1. The maximum atomic E-state index is 12.2. The van der Waals surface area contributed by atoms with Crippen molar-refractivity contribution in [2.75, 3.05) is 18.4 Å². The SMILES string of the molecule is Cc1ccc(NC[C@H](O)CN2C(=O)c3ccccc3C2=O)cc1. The third-order valence-electron chi connectivity index (χ3n) is 3.86. The average molecular weight is 310 g/mol. The van der Waals surface area contributed by atoms with Gasteiger partial charge in [-0.25, -0.2) is 0 Å². The van der Waals surface area contributed by atoms with Crippen LogP contribution in [0.5, 0.6) is 0 Å². The molecule has 2 N–H and O–H groups in total. The van der Waals surface area contributed by atoms with Crippen LogP contribution in [0.3, 0.4) is 0 Å². The highest BCUT2D eigenvalue weighted by atomic mass is 16.3. The van der Waals surface area contributed by atoms with Gasteiger partial charge in [0.15, 0.2) is 0 Å². The lowest BCUT2D eigenvalue weighted by Gasteiger charge is -2.19. The van der Waals surface area contributed by atoms with Crippen molar-refractivity contribution in [1.29, 1.82) is 0 Å². The van der Waals surface area contributed by atoms with Crippen LogP contribution in [-0.2, 0) is 0 Å². The Morgan fingerprint density at radius 2 is 1.57 bits per heavy atom. The minimum Gasteiger partial charge on any atom is -0.389 e. The first-order chi connectivity index (χ1) is 11.1. The van der Waals surface area contributed by atoms with Crippen LogP contribution in [0.1, 0.15) is 26.3 Å². The Labute approximate surface area is 134 Å². The van der Waals surface area contributed by atoms with Gasteiger partial charge in [-0.05, 0) is 31.2 Å². The van der Waals surface area contributed by atoms with Crippen LogP contribution >= 0.6 is 0 Å². The van der Waals surface area contributed by atoms with E-state index in [1.165, 1.54) is 0 Å². The Hall–Kier alpha value is -2.66. The molecule has 1 atom stereocenters. The summed E-state index contributed by atoms with van der Waals surface area (Å²) in [6.45, 7) is 2.24. The molecule has 5 heteroatoms. The summed E-state index contributed by atoms with van der Waals surface area (Å²) in [5, 5.41) is 13.2. The summed E-state index contributed by atoms with van der Waals surface area (Å²) >= 11 is 0. The molecule has 0 fully saturated rings. The zero-order valence-electron chi connectivity index (χ0n) is 12.8. The Balaban J connectivity index is 1.60. The maximum absolute atomic E-state index is 12.2. The lowest BCUT2D eigenvalue weighted by molar-refractivity contribution is 0.0558. The summed E-state index contributed by atoms with van der Waals surface area (Å²) in [6, 6.07) is 14.5. The van der Waals surface area contributed by atoms with E-state index in [2.05, 4.69) is 5.32 Å². The van der Waals surface area contributed by atoms with Gasteiger partial charge in [0.2, 0.25) is 0 Å². The van der Waals surface area contributed by atoms with Crippen molar-refractivity contribution in [3.8, 4) is 0 Å². The summed E-state index contributed by atoms with van der Waals surface area (Å²) in [7, 11) is 0. The van der Waals surface area contributed by atoms with Gasteiger partial charge in [0.25, 0.3) is 11.8 Å². The molecule has 0 unspecified atom stereocenters. The fraction of sp³-hybridized carbons (Fsp3) is 0.222. The molecular weight excluding hydrogens is 292 g/mol. The smallest absolute Gasteiger partial charge is 0.261 e. The molecule has 2 aromatic rings. The molecule has 5 nitrogen and oxygen atoms in total. The predicted octanol–water partition coefficient (Wildman–Crippen LogP) is 2.06. The molecule has 2 aromatic carbocycles. The molecule has 0 saturated carbocycles. The Morgan fingerprint density at radius 1 is 1.00 bits per heavy atom. The fourth-order valence-corrected chi connectivity index (χ4v) is 2.59. The highest BCUT2D eigenvalue weighted by Crippen LogP contribution is 2.22. The number of rotatable bonds is 5. The Morgan fingerprint density at radius 3 is 2.13 bits per heavy atom. The molecule has 118 valence electrons. The molecule has 1 heterocycles. The number of hydrogen-bond acceptors (Lipinski definition) is 4. The van der Waals surface area contributed by atoms with Gasteiger partial charge >= 0.3 is 0 Å². The van der Waals surface area contributed by atoms with Gasteiger partial charge in [-0.1, -0.05) is 29.8 Å². The van der Waals surface area contributed by atoms with Crippen LogP contribution in [0.2, 0.25) is 0 Å². The number of aryl methyl sites for hydroxylation is 1. The first kappa shape index (κ1) is 15.2. The second-order valence-electron chi connectivity index (χ2n) is 5.67. The standard InChI is InChI=1S/C18H18N2O3/c1-12-6-8-13(9-7-12)19-10-14(21)11-20-17(22)15-4-2-3-5-16(15)18(20)23/h2-9,14,19,21H,10-11H2,1H3/t14-/m0/s1. The van der Waals surface area contributed by atoms with E-state index in [9.17, 15) is 14.7 Å². The molecular formula is C18H18N2O3. The molecule has 0 aromatic heterocycles. The number of fused-ring (bicyclic) bond motifs is 1. The van der Waals surface area contributed by atoms with Crippen molar-refractivity contribution in [3.05, 3.63) is 65.2 Å². The number of β-amino-alcohol motifs (C(OH)–C–C–N with tert-alkyl or cyclic N) is 1. The summed E-state index contributed by atoms with van der Waals surface area (Å²) in [4.78, 5) is 25.6. The molecule has 0 saturated heterocycles. The van der Waals surface area contributed by atoms with Gasteiger partial charge in [-0.3, -0.25) is 14.5 Å². The van der Waals surface area contributed by atoms with E-state index >= 15 is 0 Å². The quantitative estimate of drug-likeness (QED) is 0.830. The first-order valence-electron chi connectivity index (χ1n) is 7.50. The lowest BCUT2D eigenvalue weighted by atomic mass is 10.1. The molecule has 0 spiro atoms. The van der Waals surface area contributed by atoms with Gasteiger partial charge in [-0.2, -0.15) is 0 Å². The van der Waals surface area contributed by atoms with Crippen molar-refractivity contribution >= 4 is 17.5 Å². The number of anilines is 1. The predicted molar refractivity (Wildman–Crippen MR) is 87.5 cm³/mol. The molecule has 3 rings (SSSR count). The van der Waals surface area contributed by atoms with Gasteiger partial charge < -0.3 is 10.4 Å². The number of benzene rings is 2. The molecule has 23 heavy (non-hydrogen) atoms. The summed E-state index contributed by atoms with van der Waals surface area (Å²) in [5.41, 5.74) is 2.84. The molecule has 0 radical (unpaired) electrons. The van der Waals surface area contributed by atoms with E-state index in [0.717, 1.165) is 16.2 Å². The number of nitrogens with zero attached hydrogens (tertiary/aromatic N) is 1. The summed E-state index contributed by atoms with van der Waals surface area (Å²) in [6.07, 6.45) is -0.835. The van der Waals surface area contributed by atoms with Gasteiger partial charge in [0.1, 0.15) is 0 Å². The van der Waals surface area contributed by atoms with Gasteiger partial charge in [0.05, 0.1) is 23.8 Å². The molecule has 1 aliphatic heterocycles. The van der Waals surface area contributed by atoms with Crippen molar-refractivity contribution in [1.82, 2.24) is 4.90 Å². The van der Waals surface area contributed by atoms with E-state index in [4.69, 9.17) is 0 Å². The number of carbonyl (C=O) groups excluding carboxylic acids is 2. The normalized spacial score (nSPS) is 14.8. The van der Waals surface area contributed by atoms with Crippen molar-refractivity contribution in [3.63, 3.8) is 0 Å². The average Bonchev–Trinajstić information content (AvgIpc) is 2.80. The number of imide groups is 1. The molecule has 1 aliphatic rings. The molecule has 2 amide bonds. The number of nitrogens with one attached hydrogen (secondary N) is 1. The van der Waals surface area contributed by atoms with E-state index in [-0.39, 0.29) is 24.9 Å². The third-order valence-corrected chi connectivity index (χ3v) is 3.86. The van der Waals surface area contributed by atoms with E-state index in [1.807, 2.05) is 31.2 Å². The minimum atomic E-state index is -0.835. The Kier molecular flexibility index (Phi) is 4.12. The zero-order valence-corrected chi connectivity index (χ0v) is 12.8. The van der Waals surface area contributed by atoms with Crippen LogP contribution in [-0.4, -0.2) is 41.0 Å². The number of aliphatic hydroxyl groups excluding tert-OH is 1. The second-order valence-corrected chi connectivity index (χ2v) is 5.67. The molecule has 0 aliphatic carbocycles.